The standard InChI is InChI=1S/C21H21FN4O/c1-3-17-10-19(15-6-7-18(22)14(2)9-15)24-26(17)13-21(27)25-11-16-5-4-8-23-20(16)12-25/h4-10H,3,11-13H2,1-2H3. The third-order valence-electron chi connectivity index (χ3n) is 5.00. The lowest BCUT2D eigenvalue weighted by molar-refractivity contribution is -0.132. The van der Waals surface area contributed by atoms with Gasteiger partial charge in [0.15, 0.2) is 0 Å². The van der Waals surface area contributed by atoms with Crippen molar-refractivity contribution in [1.82, 2.24) is 19.7 Å². The molecule has 0 N–H and O–H groups in total. The van der Waals surface area contributed by atoms with E-state index in [0.29, 0.717) is 18.7 Å². The van der Waals surface area contributed by atoms with E-state index in [-0.39, 0.29) is 18.3 Å². The van der Waals surface area contributed by atoms with Crippen molar-refractivity contribution in [2.24, 2.45) is 0 Å². The summed E-state index contributed by atoms with van der Waals surface area (Å²) in [5.41, 5.74) is 5.24. The first-order valence-corrected chi connectivity index (χ1v) is 9.09. The van der Waals surface area contributed by atoms with E-state index in [9.17, 15) is 9.18 Å². The molecule has 1 aliphatic heterocycles. The first-order valence-electron chi connectivity index (χ1n) is 9.09. The normalized spacial score (nSPS) is 13.1. The number of carbonyl (C=O) groups excluding carboxylic acids is 1. The Bertz CT molecular complexity index is 986. The summed E-state index contributed by atoms with van der Waals surface area (Å²) in [6.45, 7) is 5.10. The molecule has 0 spiro atoms. The maximum absolute atomic E-state index is 13.5. The van der Waals surface area contributed by atoms with Crippen molar-refractivity contribution in [3.8, 4) is 11.3 Å². The third-order valence-corrected chi connectivity index (χ3v) is 5.00. The Morgan fingerprint density at radius 3 is 2.81 bits per heavy atom. The molecule has 0 atom stereocenters. The van der Waals surface area contributed by atoms with Crippen molar-refractivity contribution < 1.29 is 9.18 Å². The second-order valence-corrected chi connectivity index (χ2v) is 6.86. The molecule has 0 fully saturated rings. The molecule has 0 saturated carbocycles. The third kappa shape index (κ3) is 3.35. The lowest BCUT2D eigenvalue weighted by Gasteiger charge is -2.16. The number of amides is 1. The summed E-state index contributed by atoms with van der Waals surface area (Å²) >= 11 is 0. The molecule has 4 rings (SSSR count). The smallest absolute Gasteiger partial charge is 0.244 e. The topological polar surface area (TPSA) is 51.0 Å². The van der Waals surface area contributed by atoms with Gasteiger partial charge in [-0.15, -0.1) is 0 Å². The van der Waals surface area contributed by atoms with Crippen LogP contribution in [0.25, 0.3) is 11.3 Å². The molecule has 1 amide bonds. The SMILES string of the molecule is CCc1cc(-c2ccc(F)c(C)c2)nn1CC(=O)N1Cc2cccnc2C1. The number of hydrogen-bond donors (Lipinski definition) is 0. The van der Waals surface area contributed by atoms with Crippen LogP contribution in [0.1, 0.15) is 29.4 Å². The molecule has 1 aliphatic rings. The highest BCUT2D eigenvalue weighted by Gasteiger charge is 2.25. The van der Waals surface area contributed by atoms with Crippen LogP contribution in [0.2, 0.25) is 0 Å². The second kappa shape index (κ2) is 6.95. The number of fused-ring (bicyclic) bond motifs is 1. The first-order chi connectivity index (χ1) is 13.0. The van der Waals surface area contributed by atoms with Crippen LogP contribution in [0.15, 0.2) is 42.6 Å². The van der Waals surface area contributed by atoms with Crippen LogP contribution >= 0.6 is 0 Å². The van der Waals surface area contributed by atoms with Gasteiger partial charge in [-0.2, -0.15) is 5.10 Å². The Labute approximate surface area is 157 Å². The fourth-order valence-corrected chi connectivity index (χ4v) is 3.43. The number of aromatic nitrogens is 3. The lowest BCUT2D eigenvalue weighted by Crippen LogP contribution is -2.30. The number of halogens is 1. The molecule has 0 unspecified atom stereocenters. The molecule has 5 nitrogen and oxygen atoms in total. The van der Waals surface area contributed by atoms with E-state index in [1.54, 1.807) is 34.8 Å². The summed E-state index contributed by atoms with van der Waals surface area (Å²) in [5.74, 6) is -0.209. The second-order valence-electron chi connectivity index (χ2n) is 6.86. The van der Waals surface area contributed by atoms with Gasteiger partial charge < -0.3 is 4.90 Å². The first kappa shape index (κ1) is 17.4. The predicted molar refractivity (Wildman–Crippen MR) is 100 cm³/mol. The summed E-state index contributed by atoms with van der Waals surface area (Å²) in [6.07, 6.45) is 2.52. The van der Waals surface area contributed by atoms with Crippen LogP contribution in [0.3, 0.4) is 0 Å². The quantitative estimate of drug-likeness (QED) is 0.712. The van der Waals surface area contributed by atoms with Crippen molar-refractivity contribution in [3.63, 3.8) is 0 Å². The molecular formula is C21H21FN4O. The van der Waals surface area contributed by atoms with E-state index in [2.05, 4.69) is 10.1 Å². The van der Waals surface area contributed by atoms with Crippen LogP contribution in [0.4, 0.5) is 4.39 Å². The number of carbonyl (C=O) groups is 1. The monoisotopic (exact) mass is 364 g/mol. The molecule has 27 heavy (non-hydrogen) atoms. The van der Waals surface area contributed by atoms with Gasteiger partial charge >= 0.3 is 0 Å². The Kier molecular flexibility index (Phi) is 4.48. The highest BCUT2D eigenvalue weighted by atomic mass is 19.1. The number of benzene rings is 1. The van der Waals surface area contributed by atoms with E-state index in [1.807, 2.05) is 25.1 Å². The van der Waals surface area contributed by atoms with Gasteiger partial charge in [0.1, 0.15) is 12.4 Å². The Balaban J connectivity index is 1.55. The lowest BCUT2D eigenvalue weighted by atomic mass is 10.1. The average Bonchev–Trinajstić information content (AvgIpc) is 3.27. The summed E-state index contributed by atoms with van der Waals surface area (Å²) in [7, 11) is 0. The Morgan fingerprint density at radius 2 is 2.07 bits per heavy atom. The van der Waals surface area contributed by atoms with E-state index >= 15 is 0 Å². The van der Waals surface area contributed by atoms with Crippen molar-refractivity contribution in [2.75, 3.05) is 0 Å². The van der Waals surface area contributed by atoms with E-state index < -0.39 is 0 Å². The molecule has 0 saturated heterocycles. The maximum Gasteiger partial charge on any atom is 0.244 e. The van der Waals surface area contributed by atoms with Gasteiger partial charge in [-0.1, -0.05) is 13.0 Å². The minimum absolute atomic E-state index is 0.0210. The molecular weight excluding hydrogens is 343 g/mol. The summed E-state index contributed by atoms with van der Waals surface area (Å²) in [5, 5.41) is 4.61. The number of aryl methyl sites for hydroxylation is 2. The van der Waals surface area contributed by atoms with Crippen molar-refractivity contribution in [1.29, 1.82) is 0 Å². The fraction of sp³-hybridized carbons (Fsp3) is 0.286. The average molecular weight is 364 g/mol. The minimum Gasteiger partial charge on any atom is -0.331 e. The number of pyridine rings is 1. The van der Waals surface area contributed by atoms with Gasteiger partial charge in [-0.25, -0.2) is 4.39 Å². The Morgan fingerprint density at radius 1 is 1.22 bits per heavy atom. The molecule has 1 aromatic carbocycles. The van der Waals surface area contributed by atoms with E-state index in [4.69, 9.17) is 0 Å². The number of rotatable bonds is 4. The van der Waals surface area contributed by atoms with Crippen LogP contribution in [-0.2, 0) is 30.8 Å². The maximum atomic E-state index is 13.5. The minimum atomic E-state index is -0.230. The van der Waals surface area contributed by atoms with Crippen LogP contribution in [-0.4, -0.2) is 25.6 Å². The number of nitrogens with zero attached hydrogens (tertiary/aromatic N) is 4. The van der Waals surface area contributed by atoms with Crippen molar-refractivity contribution in [2.45, 2.75) is 39.9 Å². The highest BCUT2D eigenvalue weighted by molar-refractivity contribution is 5.77. The summed E-state index contributed by atoms with van der Waals surface area (Å²) in [6, 6.07) is 10.8. The molecule has 6 heteroatoms. The predicted octanol–water partition coefficient (Wildman–Crippen LogP) is 3.50. The van der Waals surface area contributed by atoms with E-state index in [1.165, 1.54) is 6.07 Å². The van der Waals surface area contributed by atoms with Gasteiger partial charge in [0.2, 0.25) is 5.91 Å². The van der Waals surface area contributed by atoms with Gasteiger partial charge in [0.25, 0.3) is 0 Å². The van der Waals surface area contributed by atoms with Gasteiger partial charge in [-0.3, -0.25) is 14.5 Å². The Hall–Kier alpha value is -3.02. The van der Waals surface area contributed by atoms with Gasteiger partial charge in [0.05, 0.1) is 17.9 Å². The zero-order chi connectivity index (χ0) is 19.0. The van der Waals surface area contributed by atoms with Crippen molar-refractivity contribution >= 4 is 5.91 Å². The highest BCUT2D eigenvalue weighted by Crippen LogP contribution is 2.24. The fourth-order valence-electron chi connectivity index (χ4n) is 3.43. The van der Waals surface area contributed by atoms with Crippen LogP contribution < -0.4 is 0 Å². The van der Waals surface area contributed by atoms with Crippen LogP contribution in [0, 0.1) is 12.7 Å². The summed E-state index contributed by atoms with van der Waals surface area (Å²) < 4.78 is 15.3. The summed E-state index contributed by atoms with van der Waals surface area (Å²) in [4.78, 5) is 18.9. The molecule has 138 valence electrons. The zero-order valence-corrected chi connectivity index (χ0v) is 15.4. The molecule has 3 aromatic rings. The van der Waals surface area contributed by atoms with Gasteiger partial charge in [-0.05, 0) is 54.8 Å². The van der Waals surface area contributed by atoms with Crippen molar-refractivity contribution in [3.05, 3.63) is 70.9 Å². The van der Waals surface area contributed by atoms with Crippen LogP contribution in [0.5, 0.6) is 0 Å². The van der Waals surface area contributed by atoms with E-state index in [0.717, 1.165) is 34.6 Å². The molecule has 0 radical (unpaired) electrons. The molecule has 0 aliphatic carbocycles. The largest absolute Gasteiger partial charge is 0.331 e. The molecule has 0 bridgehead atoms. The number of hydrogen-bond acceptors (Lipinski definition) is 3. The molecule has 3 heterocycles. The zero-order valence-electron chi connectivity index (χ0n) is 15.4. The molecule has 2 aromatic heterocycles. The van der Waals surface area contributed by atoms with Gasteiger partial charge in [0, 0.05) is 24.0 Å².